The Kier molecular flexibility index (Phi) is 10.9. The zero-order valence-corrected chi connectivity index (χ0v) is 23.3. The van der Waals surface area contributed by atoms with Crippen molar-refractivity contribution in [2.24, 2.45) is 0 Å². The van der Waals surface area contributed by atoms with E-state index in [-0.39, 0.29) is 56.1 Å². The van der Waals surface area contributed by atoms with Gasteiger partial charge in [0.15, 0.2) is 0 Å². The minimum atomic E-state index is -5.31. The van der Waals surface area contributed by atoms with Gasteiger partial charge in [-0.05, 0) is 47.0 Å². The number of alkyl halides is 12. The minimum absolute atomic E-state index is 0. The van der Waals surface area contributed by atoms with E-state index in [9.17, 15) is 57.5 Å². The van der Waals surface area contributed by atoms with E-state index in [0.29, 0.717) is 0 Å². The van der Waals surface area contributed by atoms with Gasteiger partial charge in [-0.1, -0.05) is 6.07 Å². The smallest absolute Gasteiger partial charge is 0.416 e. The number of pyridine rings is 1. The molecule has 1 N–H and O–H groups in total. The van der Waals surface area contributed by atoms with Gasteiger partial charge in [-0.25, -0.2) is 9.78 Å². The van der Waals surface area contributed by atoms with Crippen LogP contribution in [0.3, 0.4) is 0 Å². The van der Waals surface area contributed by atoms with Crippen molar-refractivity contribution in [2.75, 3.05) is 0 Å². The van der Waals surface area contributed by atoms with Gasteiger partial charge in [0.1, 0.15) is 5.69 Å². The molecule has 4 aromatic rings. The summed E-state index contributed by atoms with van der Waals surface area (Å²) in [5.74, 6) is -0.990. The summed E-state index contributed by atoms with van der Waals surface area (Å²) < 4.78 is 158. The fourth-order valence-corrected chi connectivity index (χ4v) is 3.34. The Balaban J connectivity index is 0.000000579. The third-order valence-electron chi connectivity index (χ3n) is 5.20. The maximum absolute atomic E-state index is 13.2. The third kappa shape index (κ3) is 9.22. The van der Waals surface area contributed by atoms with Gasteiger partial charge in [-0.3, -0.25) is 4.98 Å². The van der Waals surface area contributed by atoms with Crippen molar-refractivity contribution in [1.29, 1.82) is 0 Å². The Bertz CT molecular complexity index is 1440. The molecule has 0 aliphatic rings. The Morgan fingerprint density at radius 1 is 0.614 bits per heavy atom. The molecule has 2 heterocycles. The van der Waals surface area contributed by atoms with E-state index >= 15 is 0 Å². The molecule has 0 amide bonds. The summed E-state index contributed by atoms with van der Waals surface area (Å²) in [6.07, 6.45) is -18.1. The second-order valence-corrected chi connectivity index (χ2v) is 8.26. The zero-order chi connectivity index (χ0) is 32.4. The van der Waals surface area contributed by atoms with Crippen LogP contribution in [0.4, 0.5) is 52.7 Å². The Morgan fingerprint density at radius 3 is 1.52 bits per heavy atom. The molecule has 237 valence electrons. The predicted octanol–water partition coefficient (Wildman–Crippen LogP) is 8.46. The van der Waals surface area contributed by atoms with Crippen LogP contribution in [0.2, 0.25) is 0 Å². The van der Waals surface area contributed by atoms with Gasteiger partial charge < -0.3 is 10.1 Å². The number of carboxylic acids is 1. The van der Waals surface area contributed by atoms with Crippen LogP contribution in [0.5, 0.6) is 0 Å². The number of aromatic carboxylic acids is 1. The molecular weight excluding hydrogens is 806 g/mol. The number of halogens is 12. The predicted molar refractivity (Wildman–Crippen MR) is 123 cm³/mol. The summed E-state index contributed by atoms with van der Waals surface area (Å²) in [4.78, 5) is 20.9. The molecule has 2 aromatic carbocycles. The molecule has 44 heavy (non-hydrogen) atoms. The van der Waals surface area contributed by atoms with E-state index in [1.165, 1.54) is 12.3 Å². The van der Waals surface area contributed by atoms with E-state index in [1.807, 2.05) is 0 Å². The van der Waals surface area contributed by atoms with E-state index in [2.05, 4.69) is 15.0 Å². The Labute approximate surface area is 252 Å². The van der Waals surface area contributed by atoms with Crippen molar-refractivity contribution in [3.05, 3.63) is 101 Å². The van der Waals surface area contributed by atoms with E-state index < -0.39 is 75.4 Å². The first-order valence-corrected chi connectivity index (χ1v) is 11.1. The molecule has 0 spiro atoms. The van der Waals surface area contributed by atoms with Gasteiger partial charge in [-0.2, -0.15) is 52.7 Å². The molecule has 0 saturated carbocycles. The van der Waals surface area contributed by atoms with E-state index in [1.54, 1.807) is 18.2 Å². The third-order valence-corrected chi connectivity index (χ3v) is 5.20. The van der Waals surface area contributed by atoms with E-state index in [4.69, 9.17) is 5.11 Å². The standard InChI is InChI=1S/C20H7F12N2.C6H5NO2.Ir/c21-17(22,23)11-3-9(4-12(7-11)18(24,25)26)15-16(34-2-1-33-15)10-5-13(19(27,28)29)8-14(6-10)20(30,31)32;8-6(9)5-3-1-2-4-7-5;/h1-5,7-8H;1-4H,(H,8,9);/q-1;;. The van der Waals surface area contributed by atoms with Gasteiger partial charge in [0.2, 0.25) is 0 Å². The number of benzene rings is 2. The Hall–Kier alpha value is -4.05. The number of hydrogen-bond acceptors (Lipinski definition) is 4. The van der Waals surface area contributed by atoms with Gasteiger partial charge in [0, 0.05) is 44.4 Å². The van der Waals surface area contributed by atoms with Gasteiger partial charge in [0.05, 0.1) is 16.8 Å². The molecule has 0 unspecified atom stereocenters. The number of carboxylic acid groups (broad SMARTS) is 1. The molecule has 0 aliphatic heterocycles. The molecule has 0 aliphatic carbocycles. The van der Waals surface area contributed by atoms with Crippen molar-refractivity contribution in [1.82, 2.24) is 15.0 Å². The molecule has 2 aromatic heterocycles. The summed E-state index contributed by atoms with van der Waals surface area (Å²) in [5, 5.41) is 8.32. The van der Waals surface area contributed by atoms with Crippen molar-refractivity contribution < 1.29 is 82.7 Å². The Morgan fingerprint density at radius 2 is 1.11 bits per heavy atom. The molecule has 0 saturated heterocycles. The second-order valence-electron chi connectivity index (χ2n) is 8.26. The largest absolute Gasteiger partial charge is 0.477 e. The summed E-state index contributed by atoms with van der Waals surface area (Å²) in [6, 6.07) is 6.58. The maximum Gasteiger partial charge on any atom is 0.416 e. The van der Waals surface area contributed by atoms with Crippen LogP contribution in [-0.4, -0.2) is 26.0 Å². The number of carbonyl (C=O) groups is 1. The van der Waals surface area contributed by atoms with Gasteiger partial charge in [-0.15, -0.1) is 23.8 Å². The van der Waals surface area contributed by atoms with Crippen molar-refractivity contribution in [3.8, 4) is 22.5 Å². The fraction of sp³-hybridized carbons (Fsp3) is 0.154. The summed E-state index contributed by atoms with van der Waals surface area (Å²) in [5.41, 5.74) is -10.7. The maximum atomic E-state index is 13.2. The second kappa shape index (κ2) is 13.3. The number of rotatable bonds is 3. The van der Waals surface area contributed by atoms with Crippen molar-refractivity contribution >= 4 is 5.97 Å². The first-order valence-electron chi connectivity index (χ1n) is 11.1. The number of hydrogen-bond donors (Lipinski definition) is 1. The fourth-order valence-electron chi connectivity index (χ4n) is 3.34. The van der Waals surface area contributed by atoms with Crippen LogP contribution in [-0.2, 0) is 44.8 Å². The molecule has 0 bridgehead atoms. The number of aromatic nitrogens is 3. The first kappa shape index (κ1) is 36.1. The molecule has 18 heteroatoms. The average Bonchev–Trinajstić information content (AvgIpc) is 2.91. The number of nitrogens with zero attached hydrogens (tertiary/aromatic N) is 3. The van der Waals surface area contributed by atoms with Crippen LogP contribution in [0.1, 0.15) is 32.7 Å². The SMILES string of the molecule is FC(F)(F)c1[c-]c(-c2nccnc2-c2cc(C(F)(F)F)cc(C(F)(F)F)c2)cc(C(F)(F)F)c1.O=C(O)c1ccccn1.[Ir]. The summed E-state index contributed by atoms with van der Waals surface area (Å²) in [6.45, 7) is 0. The van der Waals surface area contributed by atoms with Crippen LogP contribution < -0.4 is 0 Å². The minimum Gasteiger partial charge on any atom is -0.477 e. The topological polar surface area (TPSA) is 76.0 Å². The van der Waals surface area contributed by atoms with Crippen LogP contribution in [0, 0.1) is 6.07 Å². The van der Waals surface area contributed by atoms with E-state index in [0.717, 1.165) is 12.4 Å². The molecule has 5 nitrogen and oxygen atoms in total. The average molecular weight is 819 g/mol. The van der Waals surface area contributed by atoms with Gasteiger partial charge >= 0.3 is 30.7 Å². The van der Waals surface area contributed by atoms with Crippen LogP contribution >= 0.6 is 0 Å². The monoisotopic (exact) mass is 819 g/mol. The molecular formula is C26H12F12IrN3O2-. The summed E-state index contributed by atoms with van der Waals surface area (Å²) in [7, 11) is 0. The van der Waals surface area contributed by atoms with Gasteiger partial charge in [0.25, 0.3) is 0 Å². The van der Waals surface area contributed by atoms with Crippen molar-refractivity contribution in [2.45, 2.75) is 24.7 Å². The van der Waals surface area contributed by atoms with Crippen molar-refractivity contribution in [3.63, 3.8) is 0 Å². The quantitative estimate of drug-likeness (QED) is 0.166. The summed E-state index contributed by atoms with van der Waals surface area (Å²) >= 11 is 0. The normalized spacial score (nSPS) is 12.1. The zero-order valence-electron chi connectivity index (χ0n) is 20.9. The van der Waals surface area contributed by atoms with Crippen LogP contribution in [0.15, 0.2) is 67.1 Å². The molecule has 1 radical (unpaired) electrons. The first-order chi connectivity index (χ1) is 19.7. The van der Waals surface area contributed by atoms with Crippen LogP contribution in [0.25, 0.3) is 22.5 Å². The molecule has 0 atom stereocenters. The molecule has 0 fully saturated rings. The molecule has 4 rings (SSSR count).